The van der Waals surface area contributed by atoms with Crippen LogP contribution in [0.5, 0.6) is 0 Å². The highest BCUT2D eigenvalue weighted by atomic mass is 35.5. The third-order valence-corrected chi connectivity index (χ3v) is 4.41. The number of hydrogen-bond donors (Lipinski definition) is 0. The van der Waals surface area contributed by atoms with Crippen molar-refractivity contribution < 1.29 is 4.42 Å². The highest BCUT2D eigenvalue weighted by molar-refractivity contribution is 6.31. The predicted octanol–water partition coefficient (Wildman–Crippen LogP) is 5.44. The van der Waals surface area contributed by atoms with Gasteiger partial charge in [-0.15, -0.1) is 0 Å². The van der Waals surface area contributed by atoms with Crippen LogP contribution in [0.15, 0.2) is 53.6 Å². The van der Waals surface area contributed by atoms with E-state index in [-0.39, 0.29) is 0 Å². The second-order valence-electron chi connectivity index (χ2n) is 6.43. The van der Waals surface area contributed by atoms with Gasteiger partial charge < -0.3 is 14.2 Å². The van der Waals surface area contributed by atoms with Crippen molar-refractivity contribution in [3.63, 3.8) is 0 Å². The maximum atomic E-state index is 6.15. The highest BCUT2D eigenvalue weighted by Gasteiger charge is 2.17. The van der Waals surface area contributed by atoms with Crippen molar-refractivity contribution >= 4 is 29.1 Å². The number of anilines is 2. The third kappa shape index (κ3) is 3.33. The lowest BCUT2D eigenvalue weighted by atomic mass is 10.0. The van der Waals surface area contributed by atoms with E-state index in [1.54, 1.807) is 6.20 Å². The summed E-state index contributed by atoms with van der Waals surface area (Å²) >= 11 is 6.15. The molecule has 0 aliphatic carbocycles. The molecule has 0 amide bonds. The maximum absolute atomic E-state index is 6.15. The van der Waals surface area contributed by atoms with Gasteiger partial charge in [0.25, 0.3) is 0 Å². The van der Waals surface area contributed by atoms with Crippen LogP contribution in [0, 0.1) is 0 Å². The summed E-state index contributed by atoms with van der Waals surface area (Å²) in [4.78, 5) is 8.56. The number of halogens is 1. The maximum Gasteiger partial charge on any atom is 0.228 e. The van der Waals surface area contributed by atoms with E-state index in [0.29, 0.717) is 16.7 Å². The third-order valence-electron chi connectivity index (χ3n) is 4.18. The van der Waals surface area contributed by atoms with Gasteiger partial charge in [-0.25, -0.2) is 4.98 Å². The molecule has 1 heterocycles. The molecule has 0 atom stereocenters. The number of nitrogens with zero attached hydrogens (tertiary/aromatic N) is 3. The molecule has 2 aromatic carbocycles. The Labute approximate surface area is 159 Å². The fourth-order valence-corrected chi connectivity index (χ4v) is 3.17. The van der Waals surface area contributed by atoms with Crippen LogP contribution in [-0.4, -0.2) is 33.2 Å². The molecule has 0 aliphatic heterocycles. The number of oxazole rings is 1. The quantitative estimate of drug-likeness (QED) is 0.601. The molecule has 0 aliphatic rings. The molecule has 0 saturated carbocycles. The van der Waals surface area contributed by atoms with Crippen molar-refractivity contribution in [3.05, 3.63) is 59.8 Å². The molecule has 0 radical (unpaired) electrons. The molecule has 0 spiro atoms. The zero-order chi connectivity index (χ0) is 18.8. The van der Waals surface area contributed by atoms with Crippen molar-refractivity contribution in [1.29, 1.82) is 0 Å². The zero-order valence-electron chi connectivity index (χ0n) is 15.5. The van der Waals surface area contributed by atoms with Crippen LogP contribution in [0.1, 0.15) is 5.56 Å². The van der Waals surface area contributed by atoms with Gasteiger partial charge in [0.1, 0.15) is 0 Å². The van der Waals surface area contributed by atoms with E-state index in [0.717, 1.165) is 28.1 Å². The minimum absolute atomic E-state index is 0.564. The van der Waals surface area contributed by atoms with E-state index in [1.165, 1.54) is 0 Å². The first kappa shape index (κ1) is 18.1. The lowest BCUT2D eigenvalue weighted by Crippen LogP contribution is -2.11. The first-order valence-corrected chi connectivity index (χ1v) is 8.66. The summed E-state index contributed by atoms with van der Waals surface area (Å²) in [6.07, 6.45) is 3.61. The number of benzene rings is 2. The van der Waals surface area contributed by atoms with E-state index in [9.17, 15) is 0 Å². The molecule has 3 aromatic rings. The predicted molar refractivity (Wildman–Crippen MR) is 111 cm³/mol. The number of para-hydroxylation sites is 1. The van der Waals surface area contributed by atoms with Crippen molar-refractivity contribution in [2.75, 3.05) is 38.0 Å². The normalized spacial score (nSPS) is 10.7. The molecule has 26 heavy (non-hydrogen) atoms. The topological polar surface area (TPSA) is 32.5 Å². The Morgan fingerprint density at radius 2 is 1.81 bits per heavy atom. The first-order valence-electron chi connectivity index (χ1n) is 8.28. The van der Waals surface area contributed by atoms with Gasteiger partial charge in [-0.05, 0) is 29.8 Å². The van der Waals surface area contributed by atoms with Crippen molar-refractivity contribution in [3.8, 4) is 22.8 Å². The van der Waals surface area contributed by atoms with Crippen LogP contribution in [-0.2, 0) is 0 Å². The Morgan fingerprint density at radius 3 is 2.46 bits per heavy atom. The molecular formula is C21H22ClN3O. The molecule has 0 bridgehead atoms. The van der Waals surface area contributed by atoms with Crippen LogP contribution >= 0.6 is 11.6 Å². The largest absolute Gasteiger partial charge is 0.436 e. The molecule has 3 rings (SSSR count). The van der Waals surface area contributed by atoms with Crippen LogP contribution in [0.4, 0.5) is 11.4 Å². The number of rotatable bonds is 5. The molecule has 0 saturated heterocycles. The molecular weight excluding hydrogens is 346 g/mol. The van der Waals surface area contributed by atoms with Crippen molar-refractivity contribution in [2.45, 2.75) is 0 Å². The minimum Gasteiger partial charge on any atom is -0.436 e. The van der Waals surface area contributed by atoms with Crippen LogP contribution in [0.2, 0.25) is 5.02 Å². The Balaban J connectivity index is 2.12. The highest BCUT2D eigenvalue weighted by Crippen LogP contribution is 2.37. The van der Waals surface area contributed by atoms with Crippen LogP contribution in [0.25, 0.3) is 28.9 Å². The summed E-state index contributed by atoms with van der Waals surface area (Å²) in [6, 6.07) is 11.7. The van der Waals surface area contributed by atoms with Crippen molar-refractivity contribution in [1.82, 2.24) is 4.98 Å². The van der Waals surface area contributed by atoms with Gasteiger partial charge in [-0.2, -0.15) is 0 Å². The Morgan fingerprint density at radius 1 is 1.04 bits per heavy atom. The van der Waals surface area contributed by atoms with E-state index in [1.807, 2.05) is 75.6 Å². The molecule has 134 valence electrons. The van der Waals surface area contributed by atoms with Gasteiger partial charge in [0, 0.05) is 38.8 Å². The molecule has 4 nitrogen and oxygen atoms in total. The average molecular weight is 368 g/mol. The number of aromatic nitrogens is 1. The number of hydrogen-bond acceptors (Lipinski definition) is 4. The fraction of sp³-hybridized carbons (Fsp3) is 0.190. The van der Waals surface area contributed by atoms with E-state index in [4.69, 9.17) is 16.0 Å². The van der Waals surface area contributed by atoms with Gasteiger partial charge >= 0.3 is 0 Å². The fourth-order valence-electron chi connectivity index (χ4n) is 3.00. The molecule has 0 unspecified atom stereocenters. The van der Waals surface area contributed by atoms with Gasteiger partial charge in [-0.1, -0.05) is 36.4 Å². The summed E-state index contributed by atoms with van der Waals surface area (Å²) in [5, 5.41) is 0.679. The Bertz CT molecular complexity index is 944. The molecule has 5 heteroatoms. The first-order chi connectivity index (χ1) is 12.4. The second kappa shape index (κ2) is 7.26. The van der Waals surface area contributed by atoms with E-state index >= 15 is 0 Å². The molecule has 0 N–H and O–H groups in total. The monoisotopic (exact) mass is 367 g/mol. The standard InChI is InChI=1S/C21H22ClN3O/c1-6-14-8-7-9-17(20(14)25(4)5)19-13-23-21(26-19)16-11-10-15(22)12-18(16)24(2)3/h6-13H,1H2,2-5H3. The van der Waals surface area contributed by atoms with Gasteiger partial charge in [-0.3, -0.25) is 0 Å². The lowest BCUT2D eigenvalue weighted by molar-refractivity contribution is 0.589. The summed E-state index contributed by atoms with van der Waals surface area (Å²) in [5.41, 5.74) is 4.93. The molecule has 0 fully saturated rings. The average Bonchev–Trinajstić information content (AvgIpc) is 3.10. The van der Waals surface area contributed by atoms with Crippen LogP contribution in [0.3, 0.4) is 0 Å². The second-order valence-corrected chi connectivity index (χ2v) is 6.86. The van der Waals surface area contributed by atoms with Crippen molar-refractivity contribution in [2.24, 2.45) is 0 Å². The SMILES string of the molecule is C=Cc1cccc(-c2cnc(-c3ccc(Cl)cc3N(C)C)o2)c1N(C)C. The lowest BCUT2D eigenvalue weighted by Gasteiger charge is -2.19. The van der Waals surface area contributed by atoms with Gasteiger partial charge in [0.15, 0.2) is 5.76 Å². The summed E-state index contributed by atoms with van der Waals surface area (Å²) < 4.78 is 6.13. The smallest absolute Gasteiger partial charge is 0.228 e. The summed E-state index contributed by atoms with van der Waals surface area (Å²) in [6.45, 7) is 3.91. The van der Waals surface area contributed by atoms with Gasteiger partial charge in [0.2, 0.25) is 5.89 Å². The summed E-state index contributed by atoms with van der Waals surface area (Å²) in [7, 11) is 7.95. The zero-order valence-corrected chi connectivity index (χ0v) is 16.2. The van der Waals surface area contributed by atoms with Gasteiger partial charge in [0.05, 0.1) is 23.1 Å². The minimum atomic E-state index is 0.564. The Kier molecular flexibility index (Phi) is 5.05. The molecule has 1 aromatic heterocycles. The Hall–Kier alpha value is -2.72. The van der Waals surface area contributed by atoms with Crippen LogP contribution < -0.4 is 9.80 Å². The van der Waals surface area contributed by atoms with E-state index < -0.39 is 0 Å². The summed E-state index contributed by atoms with van der Waals surface area (Å²) in [5.74, 6) is 1.28. The van der Waals surface area contributed by atoms with E-state index in [2.05, 4.69) is 16.5 Å².